The molecule has 1 aromatic heterocycles. The molecule has 82 valence electrons. The van der Waals surface area contributed by atoms with Crippen molar-refractivity contribution in [1.29, 1.82) is 5.41 Å². The number of rotatable bonds is 2. The number of hydrogen-bond donors (Lipinski definition) is 3. The Morgan fingerprint density at radius 3 is 2.67 bits per heavy atom. The molecule has 0 aliphatic rings. The molecular formula is C8H13N5S2. The quantitative estimate of drug-likeness (QED) is 0.536. The molecule has 0 aliphatic carbocycles. The third-order valence-electron chi connectivity index (χ3n) is 1.64. The molecule has 1 heterocycles. The van der Waals surface area contributed by atoms with Crippen molar-refractivity contribution >= 4 is 34.2 Å². The van der Waals surface area contributed by atoms with Crippen LogP contribution in [0.2, 0.25) is 0 Å². The Balaban J connectivity index is 2.51. The molecule has 1 rings (SSSR count). The number of aliphatic imine (C=N–C) groups is 1. The standard InChI is InChI=1S/C8H13N5S2/c1-4-5(2)15-6(12-4)3-14-8(11)13-7(9)10/h3H2,1-2H3,(H5,9,10,11,13). The van der Waals surface area contributed by atoms with Crippen molar-refractivity contribution < 1.29 is 0 Å². The van der Waals surface area contributed by atoms with Crippen LogP contribution in [-0.2, 0) is 5.75 Å². The maximum absolute atomic E-state index is 7.42. The van der Waals surface area contributed by atoms with Gasteiger partial charge in [0, 0.05) is 4.88 Å². The second-order valence-electron chi connectivity index (χ2n) is 2.88. The Morgan fingerprint density at radius 2 is 2.20 bits per heavy atom. The van der Waals surface area contributed by atoms with Crippen molar-refractivity contribution in [2.24, 2.45) is 16.5 Å². The van der Waals surface area contributed by atoms with Crippen LogP contribution in [0.3, 0.4) is 0 Å². The Hall–Kier alpha value is -1.08. The average Bonchev–Trinajstić information content (AvgIpc) is 2.42. The molecule has 0 spiro atoms. The number of thiazole rings is 1. The summed E-state index contributed by atoms with van der Waals surface area (Å²) < 4.78 is 0. The van der Waals surface area contributed by atoms with Gasteiger partial charge < -0.3 is 11.5 Å². The first-order chi connectivity index (χ1) is 6.99. The van der Waals surface area contributed by atoms with Gasteiger partial charge in [-0.05, 0) is 13.8 Å². The van der Waals surface area contributed by atoms with Crippen LogP contribution < -0.4 is 11.5 Å². The van der Waals surface area contributed by atoms with Crippen LogP contribution in [0.1, 0.15) is 15.6 Å². The van der Waals surface area contributed by atoms with E-state index in [4.69, 9.17) is 16.9 Å². The number of aryl methyl sites for hydroxylation is 2. The zero-order valence-corrected chi connectivity index (χ0v) is 10.2. The number of nitrogens with one attached hydrogen (secondary N) is 1. The molecule has 5 N–H and O–H groups in total. The topological polar surface area (TPSA) is 101 Å². The van der Waals surface area contributed by atoms with E-state index in [1.54, 1.807) is 11.3 Å². The number of nitrogens with two attached hydrogens (primary N) is 2. The van der Waals surface area contributed by atoms with Crippen LogP contribution in [0.5, 0.6) is 0 Å². The number of nitrogens with zero attached hydrogens (tertiary/aromatic N) is 2. The Morgan fingerprint density at radius 1 is 1.53 bits per heavy atom. The zero-order chi connectivity index (χ0) is 11.4. The largest absolute Gasteiger partial charge is 0.370 e. The van der Waals surface area contributed by atoms with Crippen molar-refractivity contribution in [3.63, 3.8) is 0 Å². The van der Waals surface area contributed by atoms with E-state index in [2.05, 4.69) is 9.98 Å². The van der Waals surface area contributed by atoms with Crippen LogP contribution in [0, 0.1) is 19.3 Å². The lowest BCUT2D eigenvalue weighted by atomic mass is 10.4. The summed E-state index contributed by atoms with van der Waals surface area (Å²) in [6.07, 6.45) is 0. The first kappa shape index (κ1) is 12.0. The van der Waals surface area contributed by atoms with Crippen LogP contribution in [0.25, 0.3) is 0 Å². The van der Waals surface area contributed by atoms with Gasteiger partial charge in [0.05, 0.1) is 11.4 Å². The van der Waals surface area contributed by atoms with E-state index >= 15 is 0 Å². The van der Waals surface area contributed by atoms with Crippen LogP contribution in [0.15, 0.2) is 4.99 Å². The van der Waals surface area contributed by atoms with E-state index < -0.39 is 0 Å². The minimum Gasteiger partial charge on any atom is -0.370 e. The lowest BCUT2D eigenvalue weighted by Gasteiger charge is -1.95. The van der Waals surface area contributed by atoms with Crippen LogP contribution in [-0.4, -0.2) is 16.1 Å². The number of guanidine groups is 1. The predicted octanol–water partition coefficient (Wildman–Crippen LogP) is 1.20. The molecular weight excluding hydrogens is 230 g/mol. The van der Waals surface area contributed by atoms with Crippen molar-refractivity contribution in [2.45, 2.75) is 19.6 Å². The minimum atomic E-state index is -0.0843. The molecule has 0 amide bonds. The Kier molecular flexibility index (Phi) is 4.10. The SMILES string of the molecule is Cc1nc(CSC(=N)N=C(N)N)sc1C. The van der Waals surface area contributed by atoms with Crippen LogP contribution >= 0.6 is 23.1 Å². The van der Waals surface area contributed by atoms with Gasteiger partial charge in [-0.15, -0.1) is 11.3 Å². The summed E-state index contributed by atoms with van der Waals surface area (Å²) in [5, 5.41) is 8.52. The molecule has 5 nitrogen and oxygen atoms in total. The number of aromatic nitrogens is 1. The molecule has 0 saturated carbocycles. The highest BCUT2D eigenvalue weighted by atomic mass is 32.2. The second kappa shape index (κ2) is 5.13. The first-order valence-electron chi connectivity index (χ1n) is 4.23. The maximum Gasteiger partial charge on any atom is 0.193 e. The fraction of sp³-hybridized carbons (Fsp3) is 0.375. The van der Waals surface area contributed by atoms with Crippen molar-refractivity contribution in [1.82, 2.24) is 4.98 Å². The summed E-state index contributed by atoms with van der Waals surface area (Å²) in [6, 6.07) is 0. The summed E-state index contributed by atoms with van der Waals surface area (Å²) in [4.78, 5) is 9.18. The maximum atomic E-state index is 7.42. The molecule has 0 radical (unpaired) electrons. The Bertz CT molecular complexity index is 372. The molecule has 7 heteroatoms. The van der Waals surface area contributed by atoms with Gasteiger partial charge in [0.1, 0.15) is 5.01 Å². The molecule has 0 atom stereocenters. The van der Waals surface area contributed by atoms with Gasteiger partial charge in [0.15, 0.2) is 11.1 Å². The number of amidine groups is 1. The molecule has 0 fully saturated rings. The van der Waals surface area contributed by atoms with Gasteiger partial charge in [-0.25, -0.2) is 4.98 Å². The minimum absolute atomic E-state index is 0.0843. The second-order valence-corrected chi connectivity index (χ2v) is 5.13. The number of thioether (sulfide) groups is 1. The molecule has 0 unspecified atom stereocenters. The molecule has 15 heavy (non-hydrogen) atoms. The van der Waals surface area contributed by atoms with Gasteiger partial charge >= 0.3 is 0 Å². The number of hydrogen-bond acceptors (Lipinski definition) is 4. The highest BCUT2D eigenvalue weighted by molar-refractivity contribution is 8.13. The summed E-state index contributed by atoms with van der Waals surface area (Å²) in [7, 11) is 0. The fourth-order valence-corrected chi connectivity index (χ4v) is 2.52. The van der Waals surface area contributed by atoms with Gasteiger partial charge in [0.25, 0.3) is 0 Å². The molecule has 0 aromatic carbocycles. The highest BCUT2D eigenvalue weighted by Gasteiger charge is 2.05. The van der Waals surface area contributed by atoms with Gasteiger partial charge in [-0.3, -0.25) is 5.41 Å². The molecule has 0 aliphatic heterocycles. The van der Waals surface area contributed by atoms with Crippen molar-refractivity contribution in [2.75, 3.05) is 0 Å². The monoisotopic (exact) mass is 243 g/mol. The van der Waals surface area contributed by atoms with Gasteiger partial charge in [-0.1, -0.05) is 11.8 Å². The van der Waals surface area contributed by atoms with Gasteiger partial charge in [-0.2, -0.15) is 4.99 Å². The Labute approximate surface area is 96.5 Å². The van der Waals surface area contributed by atoms with Gasteiger partial charge in [0.2, 0.25) is 0 Å². The smallest absolute Gasteiger partial charge is 0.193 e. The van der Waals surface area contributed by atoms with E-state index in [0.29, 0.717) is 5.75 Å². The third kappa shape index (κ3) is 3.88. The summed E-state index contributed by atoms with van der Waals surface area (Å²) in [5.41, 5.74) is 11.3. The normalized spacial score (nSPS) is 10.0. The first-order valence-corrected chi connectivity index (χ1v) is 6.03. The van der Waals surface area contributed by atoms with Crippen molar-refractivity contribution in [3.8, 4) is 0 Å². The predicted molar refractivity (Wildman–Crippen MR) is 66.4 cm³/mol. The molecule has 0 saturated heterocycles. The van der Waals surface area contributed by atoms with Crippen LogP contribution in [0.4, 0.5) is 0 Å². The van der Waals surface area contributed by atoms with E-state index in [9.17, 15) is 0 Å². The van der Waals surface area contributed by atoms with E-state index in [0.717, 1.165) is 10.7 Å². The lowest BCUT2D eigenvalue weighted by molar-refractivity contribution is 1.17. The average molecular weight is 243 g/mol. The third-order valence-corrected chi connectivity index (χ3v) is 3.67. The zero-order valence-electron chi connectivity index (χ0n) is 8.57. The van der Waals surface area contributed by atoms with E-state index in [1.807, 2.05) is 13.8 Å². The molecule has 0 bridgehead atoms. The summed E-state index contributed by atoms with van der Waals surface area (Å²) in [5.74, 6) is 0.550. The fourth-order valence-electron chi connectivity index (χ4n) is 0.881. The summed E-state index contributed by atoms with van der Waals surface area (Å²) in [6.45, 7) is 4.00. The van der Waals surface area contributed by atoms with E-state index in [1.165, 1.54) is 16.6 Å². The van der Waals surface area contributed by atoms with Crippen molar-refractivity contribution in [3.05, 3.63) is 15.6 Å². The lowest BCUT2D eigenvalue weighted by Crippen LogP contribution is -2.23. The van der Waals surface area contributed by atoms with E-state index in [-0.39, 0.29) is 11.1 Å². The summed E-state index contributed by atoms with van der Waals surface area (Å²) >= 11 is 2.90. The highest BCUT2D eigenvalue weighted by Crippen LogP contribution is 2.21. The molecule has 1 aromatic rings.